The maximum absolute atomic E-state index is 13.3. The summed E-state index contributed by atoms with van der Waals surface area (Å²) in [6.45, 7) is 2.21. The molecule has 0 radical (unpaired) electrons. The molecule has 0 aromatic heterocycles. The third kappa shape index (κ3) is 3.12. The lowest BCUT2D eigenvalue weighted by Crippen LogP contribution is -2.35. The Morgan fingerprint density at radius 2 is 2.19 bits per heavy atom. The van der Waals surface area contributed by atoms with E-state index in [-0.39, 0.29) is 5.91 Å². The molecule has 1 aliphatic carbocycles. The molecule has 0 fully saturated rings. The highest BCUT2D eigenvalue weighted by Crippen LogP contribution is 2.30. The van der Waals surface area contributed by atoms with Crippen LogP contribution >= 0.6 is 0 Å². The van der Waals surface area contributed by atoms with Crippen LogP contribution in [0.1, 0.15) is 19.8 Å². The smallest absolute Gasteiger partial charge is 0.313 e. The van der Waals surface area contributed by atoms with Crippen LogP contribution in [0.25, 0.3) is 0 Å². The number of hydrogen-bond acceptors (Lipinski definition) is 3. The number of nitrogens with zero attached hydrogens (tertiary/aromatic N) is 1. The van der Waals surface area contributed by atoms with Crippen molar-refractivity contribution in [2.45, 2.75) is 19.8 Å². The average molecular weight is 291 g/mol. The first-order valence-electron chi connectivity index (χ1n) is 6.93. The number of esters is 1. The normalized spacial score (nSPS) is 17.3. The second kappa shape index (κ2) is 6.52. The molecule has 0 saturated carbocycles. The van der Waals surface area contributed by atoms with Crippen LogP contribution in [0, 0.1) is 11.7 Å². The van der Waals surface area contributed by atoms with Gasteiger partial charge in [-0.05, 0) is 38.0 Å². The molecule has 1 aromatic carbocycles. The van der Waals surface area contributed by atoms with Gasteiger partial charge >= 0.3 is 5.97 Å². The van der Waals surface area contributed by atoms with Crippen molar-refractivity contribution in [3.63, 3.8) is 0 Å². The average Bonchev–Trinajstić information content (AvgIpc) is 2.96. The number of carbonyl (C=O) groups is 2. The van der Waals surface area contributed by atoms with Crippen molar-refractivity contribution in [2.75, 3.05) is 18.6 Å². The molecule has 0 aliphatic heterocycles. The third-order valence-corrected chi connectivity index (χ3v) is 3.61. The molecule has 0 spiro atoms. The second-order valence-corrected chi connectivity index (χ2v) is 4.84. The van der Waals surface area contributed by atoms with Gasteiger partial charge in [0.05, 0.1) is 13.0 Å². The van der Waals surface area contributed by atoms with E-state index in [4.69, 9.17) is 4.74 Å². The Hall–Kier alpha value is -2.17. The number of amides is 1. The number of rotatable bonds is 4. The summed E-state index contributed by atoms with van der Waals surface area (Å²) in [5.41, 5.74) is 0.923. The summed E-state index contributed by atoms with van der Waals surface area (Å²) in [5, 5.41) is 0. The van der Waals surface area contributed by atoms with Crippen LogP contribution in [0.5, 0.6) is 0 Å². The van der Waals surface area contributed by atoms with Gasteiger partial charge < -0.3 is 9.64 Å². The Bertz CT molecular complexity index is 583. The Kier molecular flexibility index (Phi) is 4.73. The van der Waals surface area contributed by atoms with E-state index in [0.29, 0.717) is 30.6 Å². The molecule has 1 aliphatic rings. The van der Waals surface area contributed by atoms with Crippen molar-refractivity contribution in [1.29, 1.82) is 0 Å². The lowest BCUT2D eigenvalue weighted by molar-refractivity contribution is -0.144. The predicted octanol–water partition coefficient (Wildman–Crippen LogP) is 2.69. The highest BCUT2D eigenvalue weighted by Gasteiger charge is 2.34. The van der Waals surface area contributed by atoms with E-state index in [1.165, 1.54) is 24.1 Å². The highest BCUT2D eigenvalue weighted by atomic mass is 19.1. The quantitative estimate of drug-likeness (QED) is 0.801. The maximum atomic E-state index is 13.3. The van der Waals surface area contributed by atoms with Crippen LogP contribution in [-0.4, -0.2) is 25.5 Å². The first kappa shape index (κ1) is 15.2. The lowest BCUT2D eigenvalue weighted by atomic mass is 10.0. The minimum absolute atomic E-state index is 0.268. The van der Waals surface area contributed by atoms with Crippen molar-refractivity contribution in [1.82, 2.24) is 0 Å². The van der Waals surface area contributed by atoms with Gasteiger partial charge in [-0.15, -0.1) is 0 Å². The van der Waals surface area contributed by atoms with E-state index < -0.39 is 17.7 Å². The van der Waals surface area contributed by atoms with Crippen molar-refractivity contribution in [3.8, 4) is 0 Å². The summed E-state index contributed by atoms with van der Waals surface area (Å²) in [4.78, 5) is 25.9. The molecular weight excluding hydrogens is 273 g/mol. The molecule has 0 saturated heterocycles. The zero-order chi connectivity index (χ0) is 15.4. The van der Waals surface area contributed by atoms with Crippen molar-refractivity contribution in [3.05, 3.63) is 41.7 Å². The van der Waals surface area contributed by atoms with Gasteiger partial charge in [0, 0.05) is 17.8 Å². The minimum atomic E-state index is -0.523. The zero-order valence-electron chi connectivity index (χ0n) is 12.1. The van der Waals surface area contributed by atoms with Crippen molar-refractivity contribution in [2.24, 2.45) is 5.92 Å². The van der Waals surface area contributed by atoms with Crippen LogP contribution in [0.4, 0.5) is 10.1 Å². The third-order valence-electron chi connectivity index (χ3n) is 3.61. The maximum Gasteiger partial charge on any atom is 0.313 e. The zero-order valence-corrected chi connectivity index (χ0v) is 12.1. The van der Waals surface area contributed by atoms with E-state index in [2.05, 4.69) is 0 Å². The van der Waals surface area contributed by atoms with Crippen LogP contribution in [-0.2, 0) is 14.3 Å². The minimum Gasteiger partial charge on any atom is -0.469 e. The Morgan fingerprint density at radius 1 is 1.43 bits per heavy atom. The standard InChI is InChI=1S/C16H18FNO3/c1-3-18(12-7-4-6-11(17)10-12)15(19)13-8-5-9-14(13)16(20)21-2/h4,6-8,10,14H,3,5,9H2,1-2H3. The van der Waals surface area contributed by atoms with Crippen molar-refractivity contribution < 1.29 is 18.7 Å². The highest BCUT2D eigenvalue weighted by molar-refractivity contribution is 6.09. The molecule has 1 unspecified atom stereocenters. The van der Waals surface area contributed by atoms with Gasteiger partial charge in [-0.25, -0.2) is 4.39 Å². The topological polar surface area (TPSA) is 46.6 Å². The van der Waals surface area contributed by atoms with Crippen LogP contribution in [0.2, 0.25) is 0 Å². The Balaban J connectivity index is 2.26. The van der Waals surface area contributed by atoms with Gasteiger partial charge in [-0.2, -0.15) is 0 Å². The number of likely N-dealkylation sites (N-methyl/N-ethyl adjacent to an activating group) is 1. The van der Waals surface area contributed by atoms with Crippen LogP contribution < -0.4 is 4.90 Å². The molecule has 0 N–H and O–H groups in total. The number of anilines is 1. The predicted molar refractivity (Wildman–Crippen MR) is 77.3 cm³/mol. The Morgan fingerprint density at radius 3 is 2.81 bits per heavy atom. The molecule has 1 aromatic rings. The molecule has 5 heteroatoms. The van der Waals surface area contributed by atoms with E-state index in [0.717, 1.165) is 0 Å². The molecule has 4 nitrogen and oxygen atoms in total. The monoisotopic (exact) mass is 291 g/mol. The molecule has 1 amide bonds. The summed E-state index contributed by atoms with van der Waals surface area (Å²) in [7, 11) is 1.31. The summed E-state index contributed by atoms with van der Waals surface area (Å²) in [6.07, 6.45) is 3.02. The summed E-state index contributed by atoms with van der Waals surface area (Å²) >= 11 is 0. The fraction of sp³-hybridized carbons (Fsp3) is 0.375. The van der Waals surface area contributed by atoms with Gasteiger partial charge in [0.25, 0.3) is 5.91 Å². The summed E-state index contributed by atoms with van der Waals surface area (Å²) < 4.78 is 18.1. The lowest BCUT2D eigenvalue weighted by Gasteiger charge is -2.23. The van der Waals surface area contributed by atoms with E-state index in [1.807, 2.05) is 6.92 Å². The Labute approximate surface area is 123 Å². The fourth-order valence-electron chi connectivity index (χ4n) is 2.57. The number of benzene rings is 1. The number of ether oxygens (including phenoxy) is 1. The SMILES string of the molecule is CCN(C(=O)C1=CCCC1C(=O)OC)c1cccc(F)c1. The number of allylic oxidation sites excluding steroid dienone is 1. The first-order valence-corrected chi connectivity index (χ1v) is 6.93. The van der Waals surface area contributed by atoms with Gasteiger partial charge in [0.1, 0.15) is 5.82 Å². The largest absolute Gasteiger partial charge is 0.469 e. The molecule has 0 heterocycles. The first-order chi connectivity index (χ1) is 10.1. The van der Waals surface area contributed by atoms with Gasteiger partial charge in [0.15, 0.2) is 0 Å². The van der Waals surface area contributed by atoms with Gasteiger partial charge in [-0.1, -0.05) is 12.1 Å². The van der Waals surface area contributed by atoms with Crippen LogP contribution in [0.3, 0.4) is 0 Å². The number of carbonyl (C=O) groups excluding carboxylic acids is 2. The number of methoxy groups -OCH3 is 1. The molecule has 112 valence electrons. The fourth-order valence-corrected chi connectivity index (χ4v) is 2.57. The second-order valence-electron chi connectivity index (χ2n) is 4.84. The summed E-state index contributed by atoms with van der Waals surface area (Å²) in [5.74, 6) is -1.59. The molecule has 21 heavy (non-hydrogen) atoms. The van der Waals surface area contributed by atoms with Gasteiger partial charge in [0.2, 0.25) is 0 Å². The van der Waals surface area contributed by atoms with E-state index >= 15 is 0 Å². The molecular formula is C16H18FNO3. The number of halogens is 1. The van der Waals surface area contributed by atoms with Crippen LogP contribution in [0.15, 0.2) is 35.9 Å². The molecule has 2 rings (SSSR count). The number of hydrogen-bond donors (Lipinski definition) is 0. The van der Waals surface area contributed by atoms with Crippen molar-refractivity contribution >= 4 is 17.6 Å². The van der Waals surface area contributed by atoms with E-state index in [9.17, 15) is 14.0 Å². The molecule has 0 bridgehead atoms. The van der Waals surface area contributed by atoms with E-state index in [1.54, 1.807) is 18.2 Å². The summed E-state index contributed by atoms with van der Waals surface area (Å²) in [6, 6.07) is 5.87. The molecule has 1 atom stereocenters. The van der Waals surface area contributed by atoms with Gasteiger partial charge in [-0.3, -0.25) is 9.59 Å².